The standard InChI is InChI=1S/C12H19N3O3/c1-8(5-6-13)15(2)12(18)14-10-4-3-9(7-10)11(16)17/h8-10H,3-5,7H2,1-2H3,(H,14,18)(H,16,17)/t8?,9-,10+/m1/s1. The SMILES string of the molecule is CC(CC#N)N(C)C(=O)N[C@H]1CC[C@@H](C(=O)O)C1. The maximum Gasteiger partial charge on any atom is 0.317 e. The highest BCUT2D eigenvalue weighted by molar-refractivity contribution is 5.75. The van der Waals surface area contributed by atoms with E-state index in [4.69, 9.17) is 10.4 Å². The van der Waals surface area contributed by atoms with E-state index in [0.29, 0.717) is 19.3 Å². The lowest BCUT2D eigenvalue weighted by molar-refractivity contribution is -0.141. The van der Waals surface area contributed by atoms with Gasteiger partial charge in [0.25, 0.3) is 0 Å². The Balaban J connectivity index is 2.42. The van der Waals surface area contributed by atoms with Gasteiger partial charge >= 0.3 is 12.0 Å². The highest BCUT2D eigenvalue weighted by Crippen LogP contribution is 2.25. The molecule has 6 heteroatoms. The molecule has 0 aromatic rings. The number of rotatable bonds is 4. The number of aliphatic carboxylic acids is 1. The van der Waals surface area contributed by atoms with Gasteiger partial charge in [-0.2, -0.15) is 5.26 Å². The first-order valence-corrected chi connectivity index (χ1v) is 6.08. The maximum atomic E-state index is 11.8. The van der Waals surface area contributed by atoms with E-state index in [2.05, 4.69) is 5.32 Å². The second-order valence-corrected chi connectivity index (χ2v) is 4.82. The van der Waals surface area contributed by atoms with Crippen molar-refractivity contribution in [2.24, 2.45) is 5.92 Å². The van der Waals surface area contributed by atoms with Crippen LogP contribution in [0.15, 0.2) is 0 Å². The number of nitrogens with one attached hydrogen (secondary N) is 1. The Hall–Kier alpha value is -1.77. The van der Waals surface area contributed by atoms with Crippen molar-refractivity contribution < 1.29 is 14.7 Å². The van der Waals surface area contributed by atoms with Gasteiger partial charge in [0.05, 0.1) is 18.4 Å². The van der Waals surface area contributed by atoms with Gasteiger partial charge in [-0.25, -0.2) is 4.79 Å². The number of hydrogen-bond donors (Lipinski definition) is 2. The van der Waals surface area contributed by atoms with Crippen LogP contribution in [-0.2, 0) is 4.79 Å². The molecule has 0 aromatic heterocycles. The second-order valence-electron chi connectivity index (χ2n) is 4.82. The zero-order valence-corrected chi connectivity index (χ0v) is 10.7. The minimum absolute atomic E-state index is 0.0738. The summed E-state index contributed by atoms with van der Waals surface area (Å²) < 4.78 is 0. The lowest BCUT2D eigenvalue weighted by Crippen LogP contribution is -2.45. The molecular weight excluding hydrogens is 234 g/mol. The van der Waals surface area contributed by atoms with Crippen LogP contribution in [0.2, 0.25) is 0 Å². The van der Waals surface area contributed by atoms with Crippen LogP contribution in [0.5, 0.6) is 0 Å². The van der Waals surface area contributed by atoms with Gasteiger partial charge in [-0.05, 0) is 26.2 Å². The molecule has 1 aliphatic rings. The van der Waals surface area contributed by atoms with E-state index in [1.165, 1.54) is 4.90 Å². The zero-order valence-electron chi connectivity index (χ0n) is 10.7. The molecule has 100 valence electrons. The molecular formula is C12H19N3O3. The maximum absolute atomic E-state index is 11.8. The third-order valence-electron chi connectivity index (χ3n) is 3.48. The topological polar surface area (TPSA) is 93.4 Å². The van der Waals surface area contributed by atoms with Crippen molar-refractivity contribution in [3.05, 3.63) is 0 Å². The first-order chi connectivity index (χ1) is 8.45. The number of carbonyl (C=O) groups excluding carboxylic acids is 1. The van der Waals surface area contributed by atoms with E-state index < -0.39 is 5.97 Å². The lowest BCUT2D eigenvalue weighted by Gasteiger charge is -2.25. The first kappa shape index (κ1) is 14.3. The number of carboxylic acids is 1. The number of carbonyl (C=O) groups is 2. The van der Waals surface area contributed by atoms with E-state index in [1.807, 2.05) is 6.07 Å². The molecule has 0 aromatic carbocycles. The fourth-order valence-corrected chi connectivity index (χ4v) is 2.08. The van der Waals surface area contributed by atoms with Crippen molar-refractivity contribution in [3.63, 3.8) is 0 Å². The fraction of sp³-hybridized carbons (Fsp3) is 0.750. The molecule has 0 bridgehead atoms. The predicted octanol–water partition coefficient (Wildman–Crippen LogP) is 1.18. The number of amides is 2. The van der Waals surface area contributed by atoms with Crippen LogP contribution in [0.3, 0.4) is 0 Å². The summed E-state index contributed by atoms with van der Waals surface area (Å²) in [4.78, 5) is 24.1. The van der Waals surface area contributed by atoms with Crippen molar-refractivity contribution in [1.29, 1.82) is 5.26 Å². The Kier molecular flexibility index (Phi) is 4.95. The Morgan fingerprint density at radius 1 is 1.56 bits per heavy atom. The van der Waals surface area contributed by atoms with Crippen molar-refractivity contribution in [3.8, 4) is 6.07 Å². The van der Waals surface area contributed by atoms with Gasteiger partial charge in [-0.15, -0.1) is 0 Å². The molecule has 1 rings (SSSR count). The van der Waals surface area contributed by atoms with Gasteiger partial charge in [0, 0.05) is 19.1 Å². The van der Waals surface area contributed by atoms with Crippen molar-refractivity contribution in [2.75, 3.05) is 7.05 Å². The Bertz CT molecular complexity index is 364. The quantitative estimate of drug-likeness (QED) is 0.786. The van der Waals surface area contributed by atoms with Crippen LogP contribution in [0.25, 0.3) is 0 Å². The van der Waals surface area contributed by atoms with E-state index in [0.717, 1.165) is 0 Å². The molecule has 1 unspecified atom stereocenters. The molecule has 2 amide bonds. The van der Waals surface area contributed by atoms with Crippen molar-refractivity contribution in [2.45, 2.75) is 44.7 Å². The molecule has 0 heterocycles. The molecule has 0 spiro atoms. The average Bonchev–Trinajstić information content (AvgIpc) is 2.77. The number of hydrogen-bond acceptors (Lipinski definition) is 3. The zero-order chi connectivity index (χ0) is 13.7. The minimum Gasteiger partial charge on any atom is -0.481 e. The minimum atomic E-state index is -0.794. The van der Waals surface area contributed by atoms with Crippen LogP contribution in [0.1, 0.15) is 32.6 Å². The largest absolute Gasteiger partial charge is 0.481 e. The molecule has 1 aliphatic carbocycles. The van der Waals surface area contributed by atoms with E-state index in [-0.39, 0.29) is 30.5 Å². The summed E-state index contributed by atoms with van der Waals surface area (Å²) in [5.74, 6) is -1.14. The monoisotopic (exact) mass is 253 g/mol. The van der Waals surface area contributed by atoms with Gasteiger partial charge in [-0.3, -0.25) is 4.79 Å². The Morgan fingerprint density at radius 2 is 2.22 bits per heavy atom. The summed E-state index contributed by atoms with van der Waals surface area (Å²) in [5.41, 5.74) is 0. The normalized spacial score (nSPS) is 24.1. The van der Waals surface area contributed by atoms with Gasteiger partial charge in [-0.1, -0.05) is 0 Å². The summed E-state index contributed by atoms with van der Waals surface area (Å²) in [5, 5.41) is 20.3. The van der Waals surface area contributed by atoms with Gasteiger partial charge in [0.2, 0.25) is 0 Å². The summed E-state index contributed by atoms with van der Waals surface area (Å²) in [6.07, 6.45) is 2.08. The summed E-state index contributed by atoms with van der Waals surface area (Å²) in [7, 11) is 1.64. The highest BCUT2D eigenvalue weighted by atomic mass is 16.4. The van der Waals surface area contributed by atoms with Crippen molar-refractivity contribution in [1.82, 2.24) is 10.2 Å². The van der Waals surface area contributed by atoms with E-state index in [9.17, 15) is 9.59 Å². The lowest BCUT2D eigenvalue weighted by atomic mass is 10.1. The van der Waals surface area contributed by atoms with Crippen LogP contribution in [-0.4, -0.2) is 41.1 Å². The molecule has 0 radical (unpaired) electrons. The smallest absolute Gasteiger partial charge is 0.317 e. The first-order valence-electron chi connectivity index (χ1n) is 6.08. The Labute approximate surface area is 107 Å². The molecule has 6 nitrogen and oxygen atoms in total. The molecule has 3 atom stereocenters. The van der Waals surface area contributed by atoms with Gasteiger partial charge in [0.1, 0.15) is 0 Å². The summed E-state index contributed by atoms with van der Waals surface area (Å²) in [6, 6.07) is 1.56. The second kappa shape index (κ2) is 6.24. The average molecular weight is 253 g/mol. The molecule has 1 saturated carbocycles. The number of urea groups is 1. The molecule has 0 saturated heterocycles. The van der Waals surface area contributed by atoms with Crippen LogP contribution in [0.4, 0.5) is 4.79 Å². The van der Waals surface area contributed by atoms with Crippen molar-refractivity contribution >= 4 is 12.0 Å². The third-order valence-corrected chi connectivity index (χ3v) is 3.48. The molecule has 1 fully saturated rings. The molecule has 0 aliphatic heterocycles. The van der Waals surface area contributed by atoms with Crippen LogP contribution >= 0.6 is 0 Å². The predicted molar refractivity (Wildman–Crippen MR) is 64.8 cm³/mol. The molecule has 2 N–H and O–H groups in total. The number of nitrogens with zero attached hydrogens (tertiary/aromatic N) is 2. The third kappa shape index (κ3) is 3.62. The van der Waals surface area contributed by atoms with E-state index >= 15 is 0 Å². The molecule has 18 heavy (non-hydrogen) atoms. The van der Waals surface area contributed by atoms with Gasteiger partial charge in [0.15, 0.2) is 0 Å². The number of carboxylic acid groups (broad SMARTS) is 1. The summed E-state index contributed by atoms with van der Waals surface area (Å²) in [6.45, 7) is 1.80. The number of nitriles is 1. The highest BCUT2D eigenvalue weighted by Gasteiger charge is 2.31. The van der Waals surface area contributed by atoms with Gasteiger partial charge < -0.3 is 15.3 Å². The van der Waals surface area contributed by atoms with E-state index in [1.54, 1.807) is 14.0 Å². The fourth-order valence-electron chi connectivity index (χ4n) is 2.08. The van der Waals surface area contributed by atoms with Crippen LogP contribution < -0.4 is 5.32 Å². The summed E-state index contributed by atoms with van der Waals surface area (Å²) >= 11 is 0. The van der Waals surface area contributed by atoms with Crippen LogP contribution in [0, 0.1) is 17.2 Å². The Morgan fingerprint density at radius 3 is 2.72 bits per heavy atom.